The molecule has 1 aromatic heterocycles. The van der Waals surface area contributed by atoms with E-state index in [9.17, 15) is 18.0 Å². The van der Waals surface area contributed by atoms with Crippen LogP contribution in [-0.4, -0.2) is 24.7 Å². The molecule has 1 aliphatic heterocycles. The van der Waals surface area contributed by atoms with E-state index in [1.54, 1.807) is 36.7 Å². The molecule has 0 fully saturated rings. The van der Waals surface area contributed by atoms with Crippen LogP contribution in [0.3, 0.4) is 0 Å². The van der Waals surface area contributed by atoms with Gasteiger partial charge < -0.3 is 10.1 Å². The zero-order chi connectivity index (χ0) is 22.2. The van der Waals surface area contributed by atoms with E-state index < -0.39 is 17.8 Å². The molecule has 0 saturated carbocycles. The van der Waals surface area contributed by atoms with Crippen molar-refractivity contribution >= 4 is 29.0 Å². The lowest BCUT2D eigenvalue weighted by atomic mass is 10.1. The van der Waals surface area contributed by atoms with Crippen molar-refractivity contribution in [2.24, 2.45) is 0 Å². The Morgan fingerprint density at radius 3 is 2.71 bits per heavy atom. The van der Waals surface area contributed by atoms with Crippen LogP contribution in [0.1, 0.15) is 11.1 Å². The maximum atomic E-state index is 13.4. The summed E-state index contributed by atoms with van der Waals surface area (Å²) >= 11 is 6.28. The second kappa shape index (κ2) is 8.11. The number of carbonyl (C=O) groups is 1. The standard InChI is InChI=1S/C22H17ClF3N3O2/c1-31-20-9-13-6-8-29(19(13)11-17(20)22(24,25)26)21(30)28-15-4-5-18(23)16(10-15)14-3-2-7-27-12-14/h2-5,7,9-12H,6,8H2,1H3,(H,28,30). The number of aromatic nitrogens is 1. The molecule has 1 N–H and O–H groups in total. The molecule has 31 heavy (non-hydrogen) atoms. The number of rotatable bonds is 3. The summed E-state index contributed by atoms with van der Waals surface area (Å²) in [6.45, 7) is 0.259. The number of hydrogen-bond donors (Lipinski definition) is 1. The minimum atomic E-state index is -4.60. The van der Waals surface area contributed by atoms with E-state index >= 15 is 0 Å². The Labute approximate surface area is 181 Å². The molecule has 5 nitrogen and oxygen atoms in total. The zero-order valence-corrected chi connectivity index (χ0v) is 17.1. The van der Waals surface area contributed by atoms with E-state index in [0.29, 0.717) is 28.3 Å². The smallest absolute Gasteiger partial charge is 0.420 e. The average molecular weight is 448 g/mol. The summed E-state index contributed by atoms with van der Waals surface area (Å²) in [7, 11) is 1.19. The third-order valence-corrected chi connectivity index (χ3v) is 5.37. The van der Waals surface area contributed by atoms with Gasteiger partial charge in [0.1, 0.15) is 5.75 Å². The first-order chi connectivity index (χ1) is 14.8. The fraction of sp³-hybridized carbons (Fsp3) is 0.182. The van der Waals surface area contributed by atoms with E-state index in [2.05, 4.69) is 10.3 Å². The second-order valence-corrected chi connectivity index (χ2v) is 7.35. The fourth-order valence-electron chi connectivity index (χ4n) is 3.55. The van der Waals surface area contributed by atoms with Crippen LogP contribution in [0.5, 0.6) is 5.75 Å². The molecule has 0 atom stereocenters. The summed E-state index contributed by atoms with van der Waals surface area (Å²) in [4.78, 5) is 18.2. The third-order valence-electron chi connectivity index (χ3n) is 5.04. The Morgan fingerprint density at radius 1 is 1.23 bits per heavy atom. The number of hydrogen-bond acceptors (Lipinski definition) is 3. The van der Waals surface area contributed by atoms with Crippen molar-refractivity contribution in [1.82, 2.24) is 4.98 Å². The number of pyridine rings is 1. The lowest BCUT2D eigenvalue weighted by molar-refractivity contribution is -0.138. The number of urea groups is 1. The monoisotopic (exact) mass is 447 g/mol. The van der Waals surface area contributed by atoms with Crippen LogP contribution in [0, 0.1) is 0 Å². The molecule has 2 aromatic carbocycles. The van der Waals surface area contributed by atoms with Crippen molar-refractivity contribution in [1.29, 1.82) is 0 Å². The van der Waals surface area contributed by atoms with E-state index in [1.165, 1.54) is 18.1 Å². The van der Waals surface area contributed by atoms with Gasteiger partial charge in [-0.25, -0.2) is 4.79 Å². The average Bonchev–Trinajstić information content (AvgIpc) is 3.17. The second-order valence-electron chi connectivity index (χ2n) is 6.95. The molecule has 2 amide bonds. The Hall–Kier alpha value is -3.26. The SMILES string of the molecule is COc1cc2c(cc1C(F)(F)F)N(C(=O)Nc1ccc(Cl)c(-c3cccnc3)c1)CC2. The van der Waals surface area contributed by atoms with Crippen LogP contribution in [0.2, 0.25) is 5.02 Å². The van der Waals surface area contributed by atoms with Gasteiger partial charge in [0.2, 0.25) is 0 Å². The Kier molecular flexibility index (Phi) is 5.49. The lowest BCUT2D eigenvalue weighted by Crippen LogP contribution is -2.33. The van der Waals surface area contributed by atoms with Gasteiger partial charge in [0.15, 0.2) is 0 Å². The summed E-state index contributed by atoms with van der Waals surface area (Å²) < 4.78 is 45.1. The maximum absolute atomic E-state index is 13.4. The van der Waals surface area contributed by atoms with Crippen molar-refractivity contribution in [3.8, 4) is 16.9 Å². The molecule has 9 heteroatoms. The van der Waals surface area contributed by atoms with Crippen molar-refractivity contribution in [3.05, 3.63) is 71.0 Å². The van der Waals surface area contributed by atoms with Gasteiger partial charge in [0, 0.05) is 46.5 Å². The summed E-state index contributed by atoms with van der Waals surface area (Å²) in [5.41, 5.74) is 1.83. The van der Waals surface area contributed by atoms with Gasteiger partial charge in [0.25, 0.3) is 0 Å². The van der Waals surface area contributed by atoms with Gasteiger partial charge in [-0.15, -0.1) is 0 Å². The summed E-state index contributed by atoms with van der Waals surface area (Å²) in [5.74, 6) is -0.257. The van der Waals surface area contributed by atoms with E-state index in [-0.39, 0.29) is 18.0 Å². The Balaban J connectivity index is 1.62. The Bertz CT molecular complexity index is 1140. The molecule has 0 spiro atoms. The number of anilines is 2. The quantitative estimate of drug-likeness (QED) is 0.534. The highest BCUT2D eigenvalue weighted by Crippen LogP contribution is 2.42. The molecule has 0 aliphatic carbocycles. The highest BCUT2D eigenvalue weighted by atomic mass is 35.5. The van der Waals surface area contributed by atoms with E-state index in [0.717, 1.165) is 11.6 Å². The number of carbonyl (C=O) groups excluding carboxylic acids is 1. The number of ether oxygens (including phenoxy) is 1. The van der Waals surface area contributed by atoms with E-state index in [1.807, 2.05) is 6.07 Å². The number of halogens is 4. The van der Waals surface area contributed by atoms with Crippen molar-refractivity contribution in [2.75, 3.05) is 23.9 Å². The number of methoxy groups -OCH3 is 1. The van der Waals surface area contributed by atoms with Crippen LogP contribution >= 0.6 is 11.6 Å². The largest absolute Gasteiger partial charge is 0.496 e. The van der Waals surface area contributed by atoms with Gasteiger partial charge in [-0.05, 0) is 48.4 Å². The molecule has 0 unspecified atom stereocenters. The highest BCUT2D eigenvalue weighted by Gasteiger charge is 2.37. The predicted molar refractivity (Wildman–Crippen MR) is 113 cm³/mol. The van der Waals surface area contributed by atoms with Crippen LogP contribution in [0.15, 0.2) is 54.9 Å². The van der Waals surface area contributed by atoms with Gasteiger partial charge in [0.05, 0.1) is 12.7 Å². The van der Waals surface area contributed by atoms with Gasteiger partial charge in [-0.2, -0.15) is 13.2 Å². The molecular formula is C22H17ClF3N3O2. The summed E-state index contributed by atoms with van der Waals surface area (Å²) in [5, 5.41) is 3.23. The first-order valence-electron chi connectivity index (χ1n) is 9.34. The van der Waals surface area contributed by atoms with Gasteiger partial charge in [-0.1, -0.05) is 17.7 Å². The van der Waals surface area contributed by atoms with Crippen LogP contribution in [-0.2, 0) is 12.6 Å². The number of nitrogens with zero attached hydrogens (tertiary/aromatic N) is 2. The molecule has 3 aromatic rings. The molecule has 2 heterocycles. The van der Waals surface area contributed by atoms with Crippen LogP contribution in [0.25, 0.3) is 11.1 Å². The van der Waals surface area contributed by atoms with Gasteiger partial charge in [-0.3, -0.25) is 9.88 Å². The van der Waals surface area contributed by atoms with Crippen molar-refractivity contribution in [3.63, 3.8) is 0 Å². The molecule has 4 rings (SSSR count). The molecule has 1 aliphatic rings. The zero-order valence-electron chi connectivity index (χ0n) is 16.3. The summed E-state index contributed by atoms with van der Waals surface area (Å²) in [6.07, 6.45) is -0.883. The number of fused-ring (bicyclic) bond motifs is 1. The first-order valence-corrected chi connectivity index (χ1v) is 9.72. The van der Waals surface area contributed by atoms with Crippen LogP contribution < -0.4 is 15.0 Å². The topological polar surface area (TPSA) is 54.5 Å². The number of benzene rings is 2. The number of alkyl halides is 3. The van der Waals surface area contributed by atoms with Gasteiger partial charge >= 0.3 is 12.2 Å². The molecule has 160 valence electrons. The first kappa shape index (κ1) is 21.0. The minimum absolute atomic E-state index is 0.215. The molecule has 0 radical (unpaired) electrons. The highest BCUT2D eigenvalue weighted by molar-refractivity contribution is 6.33. The van der Waals surface area contributed by atoms with E-state index in [4.69, 9.17) is 16.3 Å². The van der Waals surface area contributed by atoms with Crippen molar-refractivity contribution < 1.29 is 22.7 Å². The predicted octanol–water partition coefficient (Wildman–Crippen LogP) is 6.02. The Morgan fingerprint density at radius 2 is 2.03 bits per heavy atom. The van der Waals surface area contributed by atoms with Crippen molar-refractivity contribution in [2.45, 2.75) is 12.6 Å². The molecular weight excluding hydrogens is 431 g/mol. The fourth-order valence-corrected chi connectivity index (χ4v) is 3.78. The molecule has 0 bridgehead atoms. The minimum Gasteiger partial charge on any atom is -0.496 e. The number of nitrogens with one attached hydrogen (secondary N) is 1. The summed E-state index contributed by atoms with van der Waals surface area (Å²) in [6, 6.07) is 10.3. The lowest BCUT2D eigenvalue weighted by Gasteiger charge is -2.21. The molecule has 0 saturated heterocycles. The maximum Gasteiger partial charge on any atom is 0.420 e. The van der Waals surface area contributed by atoms with Crippen LogP contribution in [0.4, 0.5) is 29.3 Å². The number of amides is 2. The third kappa shape index (κ3) is 4.16. The normalized spacial score (nSPS) is 13.1.